The molecule has 0 spiro atoms. The minimum Gasteiger partial charge on any atom is -0.405 e. The SMILES string of the molecule is C[Si](C)(NC(=O)c1ccccc1)C1=[C-]CC(NC=O)=C1NC=O.C[Si](C)(NC(=O)c1ccccc1)C1=[C-]CC(NC=O)=C1NC=O.[Mo+2]. The second-order valence-corrected chi connectivity index (χ2v) is 19.1. The maximum Gasteiger partial charge on any atom is 2.00 e. The third-order valence-electron chi connectivity index (χ3n) is 7.03. The molecule has 2 aliphatic carbocycles. The van der Waals surface area contributed by atoms with Gasteiger partial charge in [-0.25, -0.2) is 0 Å². The van der Waals surface area contributed by atoms with Gasteiger partial charge in [-0.2, -0.15) is 10.4 Å². The van der Waals surface area contributed by atoms with Crippen LogP contribution in [0.4, 0.5) is 0 Å². The van der Waals surface area contributed by atoms with E-state index in [0.717, 1.165) is 10.4 Å². The third-order valence-corrected chi connectivity index (χ3v) is 12.1. The van der Waals surface area contributed by atoms with Crippen molar-refractivity contribution in [2.45, 2.75) is 39.0 Å². The summed E-state index contributed by atoms with van der Waals surface area (Å²) in [5.74, 6) is -0.336. The van der Waals surface area contributed by atoms with E-state index in [-0.39, 0.29) is 32.9 Å². The molecule has 0 fully saturated rings. The number of nitrogens with one attached hydrogen (secondary N) is 6. The average Bonchev–Trinajstić information content (AvgIpc) is 3.63. The first-order valence-electron chi connectivity index (χ1n) is 14.2. The molecule has 2 aliphatic rings. The average molecular weight is 753 g/mol. The molecule has 0 bridgehead atoms. The Labute approximate surface area is 290 Å². The van der Waals surface area contributed by atoms with Crippen molar-refractivity contribution in [1.82, 2.24) is 31.2 Å². The minimum absolute atomic E-state index is 0. The smallest absolute Gasteiger partial charge is 0.405 e. The fraction of sp³-hybridized carbons (Fsp3) is 0.188. The molecule has 4 rings (SSSR count). The first-order valence-corrected chi connectivity index (χ1v) is 20.2. The Bertz CT molecular complexity index is 1490. The fourth-order valence-electron chi connectivity index (χ4n) is 4.92. The van der Waals surface area contributed by atoms with Crippen molar-refractivity contribution in [3.63, 3.8) is 0 Å². The number of hydrogen-bond acceptors (Lipinski definition) is 6. The van der Waals surface area contributed by atoms with Crippen molar-refractivity contribution in [3.8, 4) is 0 Å². The van der Waals surface area contributed by atoms with Crippen LogP contribution >= 0.6 is 0 Å². The van der Waals surface area contributed by atoms with Crippen LogP contribution in [0.15, 0.2) is 93.8 Å². The summed E-state index contributed by atoms with van der Waals surface area (Å²) in [6, 6.07) is 17.9. The zero-order chi connectivity index (χ0) is 33.7. The zero-order valence-electron chi connectivity index (χ0n) is 26.4. The van der Waals surface area contributed by atoms with Crippen molar-refractivity contribution >= 4 is 53.9 Å². The Kier molecular flexibility index (Phi) is 14.7. The Balaban J connectivity index is 0.000000320. The first-order chi connectivity index (χ1) is 22.0. The van der Waals surface area contributed by atoms with E-state index in [4.69, 9.17) is 0 Å². The Morgan fingerprint density at radius 1 is 0.574 bits per heavy atom. The Morgan fingerprint density at radius 3 is 1.19 bits per heavy atom. The molecular weight excluding hydrogens is 717 g/mol. The van der Waals surface area contributed by atoms with Gasteiger partial charge in [0.25, 0.3) is 0 Å². The van der Waals surface area contributed by atoms with Gasteiger partial charge in [0.2, 0.25) is 24.6 Å². The monoisotopic (exact) mass is 754 g/mol. The van der Waals surface area contributed by atoms with Gasteiger partial charge >= 0.3 is 21.1 Å². The van der Waals surface area contributed by atoms with Gasteiger partial charge < -0.3 is 31.2 Å². The first kappa shape index (κ1) is 38.5. The standard InChI is InChI=1S/2C16H18N3O3Si.Mo/c2*1-23(2,19-16(22)12-6-4-3-5-7-12)14-9-8-13(17-10-20)15(14)18-11-21;/h2*3-7,10-11H,8H2,1-2H3,(H,17,20)(H,18,21)(H,19,22);/q2*-1;+2. The van der Waals surface area contributed by atoms with Crippen LogP contribution in [0.5, 0.6) is 0 Å². The van der Waals surface area contributed by atoms with E-state index >= 15 is 0 Å². The summed E-state index contributed by atoms with van der Waals surface area (Å²) in [6.45, 7) is 7.80. The van der Waals surface area contributed by atoms with Gasteiger partial charge in [0.1, 0.15) is 16.5 Å². The molecule has 2 aromatic rings. The molecule has 244 valence electrons. The molecule has 15 heteroatoms. The van der Waals surface area contributed by atoms with Crippen LogP contribution < -0.4 is 31.2 Å². The summed E-state index contributed by atoms with van der Waals surface area (Å²) in [6.07, 6.45) is 9.35. The summed E-state index contributed by atoms with van der Waals surface area (Å²) in [5, 5.41) is 11.9. The second kappa shape index (κ2) is 17.9. The molecule has 12 nitrogen and oxygen atoms in total. The molecule has 0 saturated carbocycles. The van der Waals surface area contributed by atoms with E-state index in [1.54, 1.807) is 48.5 Å². The molecule has 0 saturated heterocycles. The molecule has 6 N–H and O–H groups in total. The summed E-state index contributed by atoms with van der Waals surface area (Å²) in [4.78, 5) is 74.0. The van der Waals surface area contributed by atoms with Crippen molar-refractivity contribution < 1.29 is 49.8 Å². The van der Waals surface area contributed by atoms with E-state index in [1.807, 2.05) is 38.3 Å². The maximum atomic E-state index is 12.4. The molecular formula is C32H36MoN6O6Si2. The molecule has 0 unspecified atom stereocenters. The minimum atomic E-state index is -2.42. The molecule has 6 amide bonds. The van der Waals surface area contributed by atoms with Gasteiger partial charge in [-0.1, -0.05) is 72.0 Å². The van der Waals surface area contributed by atoms with Crippen LogP contribution in [0.25, 0.3) is 0 Å². The number of benzene rings is 2. The molecule has 0 aromatic heterocycles. The van der Waals surface area contributed by atoms with Crippen molar-refractivity contribution in [3.05, 3.63) is 117 Å². The largest absolute Gasteiger partial charge is 2.00 e. The van der Waals surface area contributed by atoms with Crippen molar-refractivity contribution in [2.75, 3.05) is 0 Å². The number of allylic oxidation sites excluding steroid dienone is 4. The maximum absolute atomic E-state index is 12.4. The third kappa shape index (κ3) is 10.2. The van der Waals surface area contributed by atoms with E-state index in [1.165, 1.54) is 0 Å². The number of amides is 6. The predicted octanol–water partition coefficient (Wildman–Crippen LogP) is 1.99. The van der Waals surface area contributed by atoms with E-state index in [2.05, 4.69) is 43.4 Å². The zero-order valence-corrected chi connectivity index (χ0v) is 30.4. The predicted molar refractivity (Wildman–Crippen MR) is 176 cm³/mol. The quantitative estimate of drug-likeness (QED) is 0.0979. The van der Waals surface area contributed by atoms with E-state index in [9.17, 15) is 28.8 Å². The van der Waals surface area contributed by atoms with Gasteiger partial charge in [-0.3, -0.25) is 40.9 Å². The van der Waals surface area contributed by atoms with E-state index in [0.29, 0.717) is 72.4 Å². The van der Waals surface area contributed by atoms with Crippen molar-refractivity contribution in [1.29, 1.82) is 0 Å². The normalized spacial score (nSPS) is 13.8. The van der Waals surface area contributed by atoms with Gasteiger partial charge in [0.05, 0.1) is 0 Å². The molecule has 0 heterocycles. The number of carbonyl (C=O) groups is 6. The summed E-state index contributed by atoms with van der Waals surface area (Å²) in [5.41, 5.74) is 3.36. The van der Waals surface area contributed by atoms with Crippen LogP contribution in [-0.2, 0) is 40.2 Å². The molecule has 0 aliphatic heterocycles. The number of carbonyl (C=O) groups excluding carboxylic acids is 6. The number of rotatable bonds is 14. The van der Waals surface area contributed by atoms with Crippen LogP contribution in [0, 0.1) is 12.2 Å². The van der Waals surface area contributed by atoms with Crippen LogP contribution in [0.3, 0.4) is 0 Å². The van der Waals surface area contributed by atoms with Crippen LogP contribution in [-0.4, -0.2) is 53.9 Å². The van der Waals surface area contributed by atoms with Gasteiger partial charge in [-0.05, 0) is 50.5 Å². The summed E-state index contributed by atoms with van der Waals surface area (Å²) >= 11 is 0. The molecule has 47 heavy (non-hydrogen) atoms. The Hall–Kier alpha value is -4.66. The molecule has 2 aromatic carbocycles. The molecule has 0 radical (unpaired) electrons. The van der Waals surface area contributed by atoms with Crippen molar-refractivity contribution in [2.24, 2.45) is 0 Å². The Morgan fingerprint density at radius 2 is 0.894 bits per heavy atom. The topological polar surface area (TPSA) is 175 Å². The van der Waals surface area contributed by atoms with Gasteiger partial charge in [-0.15, -0.1) is 0 Å². The van der Waals surface area contributed by atoms with Crippen LogP contribution in [0.2, 0.25) is 26.2 Å². The second-order valence-electron chi connectivity index (χ2n) is 11.1. The molecule has 0 atom stereocenters. The fourth-order valence-corrected chi connectivity index (χ4v) is 9.35. The van der Waals surface area contributed by atoms with Crippen LogP contribution in [0.1, 0.15) is 33.6 Å². The number of hydrogen-bond donors (Lipinski definition) is 6. The summed E-state index contributed by atoms with van der Waals surface area (Å²) < 4.78 is 0. The summed E-state index contributed by atoms with van der Waals surface area (Å²) in [7, 11) is -4.83. The van der Waals surface area contributed by atoms with E-state index < -0.39 is 16.5 Å². The van der Waals surface area contributed by atoms with Gasteiger partial charge in [0, 0.05) is 11.1 Å². The van der Waals surface area contributed by atoms with Gasteiger partial charge in [0.15, 0.2) is 12.8 Å².